The van der Waals surface area contributed by atoms with Crippen molar-refractivity contribution in [3.63, 3.8) is 0 Å². The van der Waals surface area contributed by atoms with Crippen LogP contribution in [-0.2, 0) is 19.6 Å². The van der Waals surface area contributed by atoms with Crippen molar-refractivity contribution in [3.8, 4) is 5.75 Å². The van der Waals surface area contributed by atoms with E-state index in [2.05, 4.69) is 15.3 Å². The van der Waals surface area contributed by atoms with Crippen LogP contribution in [0, 0.1) is 17.0 Å². The smallest absolute Gasteiger partial charge is 0.337 e. The van der Waals surface area contributed by atoms with Gasteiger partial charge in [-0.15, -0.1) is 0 Å². The summed E-state index contributed by atoms with van der Waals surface area (Å²) in [6, 6.07) is 13.8. The molecule has 204 valence electrons. The predicted octanol–water partition coefficient (Wildman–Crippen LogP) is 3.70. The maximum atomic E-state index is 13.7. The molecular formula is C25H23ClN4O8S. The number of carbonyl (C=O) groups is 2. The van der Waals surface area contributed by atoms with Crippen LogP contribution in [0.15, 0.2) is 70.7 Å². The number of benzene rings is 3. The molecule has 0 heterocycles. The lowest BCUT2D eigenvalue weighted by Crippen LogP contribution is -2.39. The van der Waals surface area contributed by atoms with E-state index in [1.54, 1.807) is 12.1 Å². The molecule has 0 unspecified atom stereocenters. The molecule has 0 radical (unpaired) electrons. The average molecular weight is 575 g/mol. The Morgan fingerprint density at radius 3 is 2.41 bits per heavy atom. The number of halogens is 1. The third kappa shape index (κ3) is 6.89. The molecular weight excluding hydrogens is 552 g/mol. The number of hydrogen-bond donors (Lipinski definition) is 1. The lowest BCUT2D eigenvalue weighted by Gasteiger charge is -2.25. The van der Waals surface area contributed by atoms with Gasteiger partial charge in [-0.2, -0.15) is 5.10 Å². The maximum Gasteiger partial charge on any atom is 0.337 e. The molecule has 0 bridgehead atoms. The van der Waals surface area contributed by atoms with Gasteiger partial charge < -0.3 is 9.47 Å². The van der Waals surface area contributed by atoms with Gasteiger partial charge in [-0.1, -0.05) is 29.8 Å². The van der Waals surface area contributed by atoms with Crippen molar-refractivity contribution >= 4 is 51.1 Å². The van der Waals surface area contributed by atoms with Crippen LogP contribution in [-0.4, -0.2) is 52.2 Å². The third-order valence-electron chi connectivity index (χ3n) is 5.40. The number of esters is 1. The summed E-state index contributed by atoms with van der Waals surface area (Å²) in [5.74, 6) is -1.25. The second-order valence-corrected chi connectivity index (χ2v) is 10.2. The predicted molar refractivity (Wildman–Crippen MR) is 144 cm³/mol. The van der Waals surface area contributed by atoms with Gasteiger partial charge in [-0.25, -0.2) is 18.6 Å². The fourth-order valence-electron chi connectivity index (χ4n) is 3.40. The number of nitrogens with one attached hydrogen (secondary N) is 1. The van der Waals surface area contributed by atoms with Gasteiger partial charge in [0.05, 0.1) is 41.5 Å². The van der Waals surface area contributed by atoms with Gasteiger partial charge in [-0.05, 0) is 48.9 Å². The van der Waals surface area contributed by atoms with Gasteiger partial charge in [0.25, 0.3) is 21.6 Å². The standard InChI is InChI=1S/C25H23ClN4O8S/c1-16-4-10-20(13-21(16)30(33)34)39(35,36)29(22-12-19(26)9-11-23(22)37-2)15-24(31)28-27-14-17-5-7-18(8-6-17)25(32)38-3/h4-14H,15H2,1-3H3,(H,28,31)/b27-14-. The van der Waals surface area contributed by atoms with Gasteiger partial charge in [0.15, 0.2) is 0 Å². The van der Waals surface area contributed by atoms with E-state index >= 15 is 0 Å². The van der Waals surface area contributed by atoms with Crippen LogP contribution in [0.25, 0.3) is 0 Å². The van der Waals surface area contributed by atoms with Crippen molar-refractivity contribution < 1.29 is 32.4 Å². The molecule has 1 amide bonds. The molecule has 0 saturated carbocycles. The highest BCUT2D eigenvalue weighted by molar-refractivity contribution is 7.92. The SMILES string of the molecule is COC(=O)c1ccc(/C=N\NC(=O)CN(c2cc(Cl)ccc2OC)S(=O)(=O)c2ccc(C)c([N+](=O)[O-])c2)cc1. The molecule has 3 rings (SSSR count). The van der Waals surface area contributed by atoms with Crippen molar-refractivity contribution in [3.05, 3.63) is 92.5 Å². The lowest BCUT2D eigenvalue weighted by molar-refractivity contribution is -0.385. The minimum Gasteiger partial charge on any atom is -0.495 e. The second-order valence-electron chi connectivity index (χ2n) is 7.94. The highest BCUT2D eigenvalue weighted by atomic mass is 35.5. The van der Waals surface area contributed by atoms with Crippen molar-refractivity contribution in [1.82, 2.24) is 5.43 Å². The van der Waals surface area contributed by atoms with Gasteiger partial charge in [0, 0.05) is 16.7 Å². The quantitative estimate of drug-likeness (QED) is 0.166. The summed E-state index contributed by atoms with van der Waals surface area (Å²) in [5, 5.41) is 15.4. The molecule has 3 aromatic rings. The van der Waals surface area contributed by atoms with Gasteiger partial charge in [0.1, 0.15) is 12.3 Å². The average Bonchev–Trinajstić information content (AvgIpc) is 2.91. The molecule has 0 saturated heterocycles. The van der Waals surface area contributed by atoms with E-state index in [0.29, 0.717) is 11.1 Å². The number of carbonyl (C=O) groups excluding carboxylic acids is 2. The number of hydrazone groups is 1. The molecule has 0 aliphatic heterocycles. The molecule has 0 aliphatic carbocycles. The number of amides is 1. The molecule has 0 fully saturated rings. The van der Waals surface area contributed by atoms with Crippen molar-refractivity contribution in [1.29, 1.82) is 0 Å². The zero-order valence-corrected chi connectivity index (χ0v) is 22.5. The van der Waals surface area contributed by atoms with Crippen molar-refractivity contribution in [2.75, 3.05) is 25.1 Å². The fourth-order valence-corrected chi connectivity index (χ4v) is 5.01. The van der Waals surface area contributed by atoms with E-state index in [4.69, 9.17) is 16.3 Å². The number of ether oxygens (including phenoxy) is 2. The molecule has 1 N–H and O–H groups in total. The molecule has 0 aliphatic rings. The number of hydrogen-bond acceptors (Lipinski definition) is 9. The van der Waals surface area contributed by atoms with Crippen molar-refractivity contribution in [2.24, 2.45) is 5.10 Å². The minimum absolute atomic E-state index is 0.0641. The Morgan fingerprint density at radius 2 is 1.79 bits per heavy atom. The van der Waals surface area contributed by atoms with Gasteiger partial charge in [0.2, 0.25) is 0 Å². The summed E-state index contributed by atoms with van der Waals surface area (Å²) in [6.45, 7) is 0.708. The summed E-state index contributed by atoms with van der Waals surface area (Å²) in [6.07, 6.45) is 1.29. The number of nitro groups is 1. The first-order valence-corrected chi connectivity index (χ1v) is 12.9. The van der Waals surface area contributed by atoms with E-state index in [1.807, 2.05) is 0 Å². The van der Waals surface area contributed by atoms with Crippen LogP contribution >= 0.6 is 11.6 Å². The molecule has 0 atom stereocenters. The molecule has 12 nitrogen and oxygen atoms in total. The van der Waals surface area contributed by atoms with Gasteiger partial charge >= 0.3 is 5.97 Å². The Balaban J connectivity index is 1.93. The van der Waals surface area contributed by atoms with Crippen LogP contribution in [0.3, 0.4) is 0 Å². The fraction of sp³-hybridized carbons (Fsp3) is 0.160. The van der Waals surface area contributed by atoms with Gasteiger partial charge in [-0.3, -0.25) is 19.2 Å². The Hall–Kier alpha value is -4.49. The maximum absolute atomic E-state index is 13.7. The number of sulfonamides is 1. The molecule has 0 spiro atoms. The van der Waals surface area contributed by atoms with E-state index in [9.17, 15) is 28.1 Å². The lowest BCUT2D eigenvalue weighted by atomic mass is 10.1. The van der Waals surface area contributed by atoms with E-state index in [-0.39, 0.29) is 22.0 Å². The Bertz CT molecular complexity index is 1540. The Morgan fingerprint density at radius 1 is 1.10 bits per heavy atom. The number of anilines is 1. The highest BCUT2D eigenvalue weighted by Gasteiger charge is 2.31. The first-order chi connectivity index (χ1) is 18.5. The normalized spacial score (nSPS) is 11.2. The third-order valence-corrected chi connectivity index (χ3v) is 7.39. The monoisotopic (exact) mass is 574 g/mol. The molecule has 39 heavy (non-hydrogen) atoms. The Labute approximate surface area is 229 Å². The summed E-state index contributed by atoms with van der Waals surface area (Å²) < 4.78 is 38.0. The first kappa shape index (κ1) is 29.1. The van der Waals surface area contributed by atoms with Crippen molar-refractivity contribution in [2.45, 2.75) is 11.8 Å². The first-order valence-electron chi connectivity index (χ1n) is 11.1. The number of methoxy groups -OCH3 is 2. The van der Waals surface area contributed by atoms with E-state index in [0.717, 1.165) is 10.4 Å². The van der Waals surface area contributed by atoms with Crippen LogP contribution in [0.4, 0.5) is 11.4 Å². The zero-order valence-electron chi connectivity index (χ0n) is 21.0. The topological polar surface area (TPSA) is 158 Å². The number of rotatable bonds is 10. The van der Waals surface area contributed by atoms with E-state index in [1.165, 1.54) is 69.8 Å². The summed E-state index contributed by atoms with van der Waals surface area (Å²) in [7, 11) is -1.96. The summed E-state index contributed by atoms with van der Waals surface area (Å²) >= 11 is 6.11. The second kappa shape index (κ2) is 12.4. The number of aryl methyl sites for hydroxylation is 1. The molecule has 3 aromatic carbocycles. The molecule has 14 heteroatoms. The van der Waals surface area contributed by atoms with Crippen LogP contribution in [0.1, 0.15) is 21.5 Å². The highest BCUT2D eigenvalue weighted by Crippen LogP contribution is 2.35. The number of nitro benzene ring substituents is 1. The van der Waals surface area contributed by atoms with Crippen LogP contribution in [0.2, 0.25) is 5.02 Å². The van der Waals surface area contributed by atoms with Crippen LogP contribution in [0.5, 0.6) is 5.75 Å². The largest absolute Gasteiger partial charge is 0.495 e. The number of nitrogens with zero attached hydrogens (tertiary/aromatic N) is 3. The summed E-state index contributed by atoms with van der Waals surface area (Å²) in [4.78, 5) is 34.7. The van der Waals surface area contributed by atoms with E-state index < -0.39 is 44.0 Å². The van der Waals surface area contributed by atoms with Crippen LogP contribution < -0.4 is 14.5 Å². The summed E-state index contributed by atoms with van der Waals surface area (Å²) in [5.41, 5.74) is 2.90. The minimum atomic E-state index is -4.53. The Kier molecular flexibility index (Phi) is 9.22. The molecule has 0 aromatic heterocycles. The zero-order chi connectivity index (χ0) is 28.7.